The van der Waals surface area contributed by atoms with Gasteiger partial charge in [0.1, 0.15) is 5.70 Å². The second-order valence-electron chi connectivity index (χ2n) is 5.46. The van der Waals surface area contributed by atoms with Crippen molar-refractivity contribution in [2.75, 3.05) is 0 Å². The van der Waals surface area contributed by atoms with Gasteiger partial charge in [0.15, 0.2) is 5.11 Å². The molecule has 1 fully saturated rings. The summed E-state index contributed by atoms with van der Waals surface area (Å²) in [5.74, 6) is -0.443. The summed E-state index contributed by atoms with van der Waals surface area (Å²) in [5.41, 5.74) is 4.71. The SMILES string of the molecule is O=C1NC(=S)N/C1=C\c1cccc(-c2ccc3c(c2)C=NC3=O)c1. The van der Waals surface area contributed by atoms with Crippen LogP contribution in [0.5, 0.6) is 0 Å². The second kappa shape index (κ2) is 5.50. The number of nitrogens with zero attached hydrogens (tertiary/aromatic N) is 1. The lowest BCUT2D eigenvalue weighted by Gasteiger charge is -2.05. The number of aliphatic imine (C=N–C) groups is 1. The van der Waals surface area contributed by atoms with E-state index in [1.807, 2.05) is 36.4 Å². The fourth-order valence-electron chi connectivity index (χ4n) is 2.70. The molecule has 0 atom stereocenters. The highest BCUT2D eigenvalue weighted by atomic mass is 32.1. The van der Waals surface area contributed by atoms with Gasteiger partial charge in [-0.25, -0.2) is 4.99 Å². The van der Waals surface area contributed by atoms with E-state index in [2.05, 4.69) is 15.6 Å². The summed E-state index contributed by atoms with van der Waals surface area (Å²) in [6.45, 7) is 0. The first-order valence-corrected chi connectivity index (χ1v) is 7.68. The van der Waals surface area contributed by atoms with Crippen LogP contribution in [-0.4, -0.2) is 23.1 Å². The highest BCUT2D eigenvalue weighted by Gasteiger charge is 2.20. The zero-order chi connectivity index (χ0) is 16.7. The summed E-state index contributed by atoms with van der Waals surface area (Å²) in [6, 6.07) is 13.4. The summed E-state index contributed by atoms with van der Waals surface area (Å²) in [4.78, 5) is 27.1. The van der Waals surface area contributed by atoms with E-state index in [1.165, 1.54) is 0 Å². The highest BCUT2D eigenvalue weighted by molar-refractivity contribution is 7.80. The van der Waals surface area contributed by atoms with E-state index in [0.29, 0.717) is 16.4 Å². The molecular formula is C18H11N3O2S. The van der Waals surface area contributed by atoms with Crippen LogP contribution in [0, 0.1) is 0 Å². The number of carbonyl (C=O) groups excluding carboxylic acids is 2. The van der Waals surface area contributed by atoms with E-state index in [-0.39, 0.29) is 11.8 Å². The van der Waals surface area contributed by atoms with Crippen molar-refractivity contribution in [3.05, 3.63) is 64.9 Å². The van der Waals surface area contributed by atoms with E-state index >= 15 is 0 Å². The Kier molecular flexibility index (Phi) is 3.32. The molecule has 2 aromatic rings. The molecule has 0 aliphatic carbocycles. The van der Waals surface area contributed by atoms with Crippen LogP contribution in [0.25, 0.3) is 17.2 Å². The van der Waals surface area contributed by atoms with Crippen molar-refractivity contribution in [2.45, 2.75) is 0 Å². The molecule has 0 radical (unpaired) electrons. The van der Waals surface area contributed by atoms with Gasteiger partial charge >= 0.3 is 0 Å². The summed E-state index contributed by atoms with van der Waals surface area (Å²) < 4.78 is 0. The van der Waals surface area contributed by atoms with Crippen molar-refractivity contribution in [3.8, 4) is 11.1 Å². The number of benzene rings is 2. The van der Waals surface area contributed by atoms with E-state index in [9.17, 15) is 9.59 Å². The van der Waals surface area contributed by atoms with Gasteiger partial charge in [0, 0.05) is 11.8 Å². The van der Waals surface area contributed by atoms with Gasteiger partial charge in [-0.15, -0.1) is 0 Å². The lowest BCUT2D eigenvalue weighted by atomic mass is 9.98. The van der Waals surface area contributed by atoms with Gasteiger partial charge in [0.25, 0.3) is 11.8 Å². The molecule has 0 spiro atoms. The van der Waals surface area contributed by atoms with E-state index in [1.54, 1.807) is 18.4 Å². The molecule has 0 aromatic heterocycles. The number of thiocarbonyl (C=S) groups is 1. The summed E-state index contributed by atoms with van der Waals surface area (Å²) in [5, 5.41) is 5.67. The van der Waals surface area contributed by atoms with Crippen LogP contribution < -0.4 is 10.6 Å². The maximum absolute atomic E-state index is 11.7. The molecule has 0 bridgehead atoms. The predicted octanol–water partition coefficient (Wildman–Crippen LogP) is 2.27. The lowest BCUT2D eigenvalue weighted by Crippen LogP contribution is -2.21. The first-order chi connectivity index (χ1) is 11.6. The van der Waals surface area contributed by atoms with Crippen LogP contribution >= 0.6 is 12.2 Å². The zero-order valence-electron chi connectivity index (χ0n) is 12.4. The number of hydrogen-bond acceptors (Lipinski definition) is 3. The minimum absolute atomic E-state index is 0.204. The molecule has 4 rings (SSSR count). The molecule has 1 saturated heterocycles. The van der Waals surface area contributed by atoms with E-state index < -0.39 is 0 Å². The summed E-state index contributed by atoms with van der Waals surface area (Å²) >= 11 is 4.92. The Morgan fingerprint density at radius 2 is 1.83 bits per heavy atom. The fourth-order valence-corrected chi connectivity index (χ4v) is 2.90. The standard InChI is InChI=1S/C18H11N3O2S/c22-16-14-5-4-12(8-13(14)9-19-16)11-3-1-2-10(6-11)7-15-17(23)21-18(24)20-15/h1-9H,(H2,20,21,23,24)/b15-7-. The smallest absolute Gasteiger partial charge is 0.277 e. The van der Waals surface area contributed by atoms with Crippen LogP contribution in [-0.2, 0) is 4.79 Å². The van der Waals surface area contributed by atoms with Gasteiger partial charge in [0.2, 0.25) is 0 Å². The Morgan fingerprint density at radius 1 is 1.00 bits per heavy atom. The average Bonchev–Trinajstić information content (AvgIpc) is 3.10. The number of rotatable bonds is 2. The van der Waals surface area contributed by atoms with Crippen molar-refractivity contribution in [1.29, 1.82) is 0 Å². The predicted molar refractivity (Wildman–Crippen MR) is 95.7 cm³/mol. The number of amides is 2. The molecule has 2 N–H and O–H groups in total. The second-order valence-corrected chi connectivity index (χ2v) is 5.87. The normalized spacial score (nSPS) is 17.2. The first kappa shape index (κ1) is 14.5. The van der Waals surface area contributed by atoms with E-state index in [0.717, 1.165) is 22.3 Å². The van der Waals surface area contributed by atoms with Gasteiger partial charge < -0.3 is 5.32 Å². The molecule has 2 aromatic carbocycles. The van der Waals surface area contributed by atoms with Crippen LogP contribution in [0.2, 0.25) is 0 Å². The molecule has 2 heterocycles. The highest BCUT2D eigenvalue weighted by Crippen LogP contribution is 2.26. The Morgan fingerprint density at radius 3 is 2.62 bits per heavy atom. The van der Waals surface area contributed by atoms with Crippen LogP contribution in [0.3, 0.4) is 0 Å². The molecule has 24 heavy (non-hydrogen) atoms. The monoisotopic (exact) mass is 333 g/mol. The third kappa shape index (κ3) is 2.53. The number of nitrogens with one attached hydrogen (secondary N) is 2. The molecule has 6 heteroatoms. The van der Waals surface area contributed by atoms with Crippen molar-refractivity contribution < 1.29 is 9.59 Å². The maximum atomic E-state index is 11.7. The minimum atomic E-state index is -0.238. The van der Waals surface area contributed by atoms with Crippen molar-refractivity contribution in [2.24, 2.45) is 4.99 Å². The van der Waals surface area contributed by atoms with Crippen molar-refractivity contribution >= 4 is 41.4 Å². The van der Waals surface area contributed by atoms with Gasteiger partial charge in [-0.3, -0.25) is 14.9 Å². The Hall–Kier alpha value is -3.12. The average molecular weight is 333 g/mol. The minimum Gasteiger partial charge on any atom is -0.328 e. The zero-order valence-corrected chi connectivity index (χ0v) is 13.2. The molecule has 0 saturated carbocycles. The molecule has 0 unspecified atom stereocenters. The summed E-state index contributed by atoms with van der Waals surface area (Å²) in [6.07, 6.45) is 3.33. The largest absolute Gasteiger partial charge is 0.328 e. The molecule has 2 aliphatic rings. The summed E-state index contributed by atoms with van der Waals surface area (Å²) in [7, 11) is 0. The number of fused-ring (bicyclic) bond motifs is 1. The molecule has 2 aliphatic heterocycles. The number of hydrogen-bond donors (Lipinski definition) is 2. The fraction of sp³-hybridized carbons (Fsp3) is 0. The quantitative estimate of drug-likeness (QED) is 0.653. The topological polar surface area (TPSA) is 70.6 Å². The van der Waals surface area contributed by atoms with E-state index in [4.69, 9.17) is 12.2 Å². The van der Waals surface area contributed by atoms with Gasteiger partial charge in [-0.2, -0.15) is 0 Å². The van der Waals surface area contributed by atoms with Crippen molar-refractivity contribution in [1.82, 2.24) is 10.6 Å². The van der Waals surface area contributed by atoms with Crippen molar-refractivity contribution in [3.63, 3.8) is 0 Å². The third-order valence-corrected chi connectivity index (χ3v) is 4.06. The van der Waals surface area contributed by atoms with Gasteiger partial charge in [-0.1, -0.05) is 24.3 Å². The maximum Gasteiger partial charge on any atom is 0.277 e. The molecular weight excluding hydrogens is 322 g/mol. The van der Waals surface area contributed by atoms with Gasteiger partial charge in [0.05, 0.1) is 5.56 Å². The number of carbonyl (C=O) groups is 2. The van der Waals surface area contributed by atoms with Crippen LogP contribution in [0.4, 0.5) is 0 Å². The third-order valence-electron chi connectivity index (χ3n) is 3.85. The van der Waals surface area contributed by atoms with Crippen LogP contribution in [0.1, 0.15) is 21.5 Å². The Labute approximate surface area is 143 Å². The molecule has 116 valence electrons. The van der Waals surface area contributed by atoms with Gasteiger partial charge in [-0.05, 0) is 53.2 Å². The van der Waals surface area contributed by atoms with Crippen LogP contribution in [0.15, 0.2) is 53.2 Å². The lowest BCUT2D eigenvalue weighted by molar-refractivity contribution is -0.115. The molecule has 5 nitrogen and oxygen atoms in total. The first-order valence-electron chi connectivity index (χ1n) is 7.27. The Balaban J connectivity index is 1.70. The Bertz CT molecular complexity index is 976. The molecule has 2 amide bonds.